The van der Waals surface area contributed by atoms with Crippen LogP contribution in [-0.4, -0.2) is 60.9 Å². The fourth-order valence-corrected chi connectivity index (χ4v) is 2.11. The first kappa shape index (κ1) is 23.4. The summed E-state index contributed by atoms with van der Waals surface area (Å²) < 4.78 is 25.1. The van der Waals surface area contributed by atoms with E-state index in [-0.39, 0.29) is 0 Å². The van der Waals surface area contributed by atoms with Crippen molar-refractivity contribution in [3.63, 3.8) is 0 Å². The summed E-state index contributed by atoms with van der Waals surface area (Å²) in [5.74, 6) is -3.61. The van der Waals surface area contributed by atoms with Gasteiger partial charge in [0.05, 0.1) is 0 Å². The molecule has 0 aliphatic heterocycles. The zero-order valence-corrected chi connectivity index (χ0v) is 15.6. The van der Waals surface area contributed by atoms with Crippen LogP contribution in [0.25, 0.3) is 0 Å². The summed E-state index contributed by atoms with van der Waals surface area (Å²) in [7, 11) is 0. The predicted molar refractivity (Wildman–Crippen MR) is 84.5 cm³/mol. The van der Waals surface area contributed by atoms with Crippen LogP contribution in [0.5, 0.6) is 0 Å². The molecular formula is C16H24O10. The van der Waals surface area contributed by atoms with E-state index < -0.39 is 60.9 Å². The fraction of sp³-hybridized carbons (Fsp3) is 0.688. The van der Waals surface area contributed by atoms with Crippen molar-refractivity contribution in [3.8, 4) is 0 Å². The van der Waals surface area contributed by atoms with Crippen LogP contribution in [-0.2, 0) is 47.7 Å². The molecule has 0 aliphatic rings. The molecule has 4 atom stereocenters. The van der Waals surface area contributed by atoms with E-state index in [2.05, 4.69) is 0 Å². The number of carbonyl (C=O) groups excluding carboxylic acids is 5. The fourth-order valence-electron chi connectivity index (χ4n) is 2.11. The molecule has 148 valence electrons. The first-order valence-electron chi connectivity index (χ1n) is 7.76. The van der Waals surface area contributed by atoms with Gasteiger partial charge in [-0.15, -0.1) is 0 Å². The minimum Gasteiger partial charge on any atom is -0.462 e. The number of hydrogen-bond acceptors (Lipinski definition) is 10. The van der Waals surface area contributed by atoms with Gasteiger partial charge in [0.25, 0.3) is 0 Å². The molecule has 0 aromatic carbocycles. The molecule has 10 heteroatoms. The summed E-state index contributed by atoms with van der Waals surface area (Å²) in [6.45, 7) is 6.51. The van der Waals surface area contributed by atoms with Gasteiger partial charge in [0.15, 0.2) is 18.3 Å². The third-order valence-corrected chi connectivity index (χ3v) is 2.88. The molecule has 10 nitrogen and oxygen atoms in total. The number of esters is 5. The lowest BCUT2D eigenvalue weighted by molar-refractivity contribution is -0.201. The number of ether oxygens (including phenoxy) is 5. The second-order valence-electron chi connectivity index (χ2n) is 5.41. The van der Waals surface area contributed by atoms with Crippen molar-refractivity contribution < 1.29 is 47.7 Å². The Morgan fingerprint density at radius 1 is 0.615 bits per heavy atom. The van der Waals surface area contributed by atoms with Crippen LogP contribution in [0.3, 0.4) is 0 Å². The standard InChI is InChI=1S/C16H24O10/c1-8(23-10(3)18)15(25-12(5)20)16(26-13(6)21)14(24-11(4)19)7-22-9(2)17/h8,14-16H,7H2,1-6H3/t8-,14+,15+,16-/m1/s1. The number of rotatable bonds is 9. The van der Waals surface area contributed by atoms with Crippen molar-refractivity contribution in [1.82, 2.24) is 0 Å². The molecule has 0 radical (unpaired) electrons. The smallest absolute Gasteiger partial charge is 0.303 e. The third-order valence-electron chi connectivity index (χ3n) is 2.88. The van der Waals surface area contributed by atoms with E-state index in [1.54, 1.807) is 0 Å². The van der Waals surface area contributed by atoms with E-state index in [9.17, 15) is 24.0 Å². The first-order chi connectivity index (χ1) is 11.9. The Kier molecular flexibility index (Phi) is 9.93. The highest BCUT2D eigenvalue weighted by Gasteiger charge is 2.42. The molecule has 0 aromatic heterocycles. The van der Waals surface area contributed by atoms with Gasteiger partial charge in [-0.25, -0.2) is 0 Å². The van der Waals surface area contributed by atoms with Gasteiger partial charge < -0.3 is 23.7 Å². The van der Waals surface area contributed by atoms with Crippen molar-refractivity contribution in [2.24, 2.45) is 0 Å². The minimum absolute atomic E-state index is 0.461. The average molecular weight is 376 g/mol. The van der Waals surface area contributed by atoms with Crippen LogP contribution >= 0.6 is 0 Å². The summed E-state index contributed by atoms with van der Waals surface area (Å²) in [4.78, 5) is 56.6. The largest absolute Gasteiger partial charge is 0.462 e. The lowest BCUT2D eigenvalue weighted by atomic mass is 10.0. The Hall–Kier alpha value is -2.65. The highest BCUT2D eigenvalue weighted by atomic mass is 16.6. The third kappa shape index (κ3) is 9.60. The Morgan fingerprint density at radius 2 is 1.04 bits per heavy atom. The van der Waals surface area contributed by atoms with Crippen molar-refractivity contribution in [2.45, 2.75) is 66.0 Å². The van der Waals surface area contributed by atoms with Crippen LogP contribution in [0.15, 0.2) is 0 Å². The quantitative estimate of drug-likeness (QED) is 0.409. The molecular weight excluding hydrogens is 352 g/mol. The molecule has 0 N–H and O–H groups in total. The molecule has 0 fully saturated rings. The average Bonchev–Trinajstić information content (AvgIpc) is 2.45. The van der Waals surface area contributed by atoms with Gasteiger partial charge in [0.2, 0.25) is 0 Å². The molecule has 0 spiro atoms. The summed E-state index contributed by atoms with van der Waals surface area (Å²) in [6, 6.07) is 0. The SMILES string of the molecule is CC(=O)OC[C@H](OC(C)=O)[C@@H](OC(C)=O)[C@@H](OC(C)=O)[C@@H](C)OC(C)=O. The maximum atomic E-state index is 11.5. The summed E-state index contributed by atoms with van der Waals surface area (Å²) in [6.07, 6.45) is -5.02. The van der Waals surface area contributed by atoms with Gasteiger partial charge >= 0.3 is 29.8 Å². The summed E-state index contributed by atoms with van der Waals surface area (Å²) >= 11 is 0. The molecule has 0 heterocycles. The zero-order chi connectivity index (χ0) is 20.4. The minimum atomic E-state index is -1.38. The first-order valence-corrected chi connectivity index (χ1v) is 7.76. The maximum absolute atomic E-state index is 11.5. The molecule has 0 unspecified atom stereocenters. The van der Waals surface area contributed by atoms with E-state index >= 15 is 0 Å². The highest BCUT2D eigenvalue weighted by Crippen LogP contribution is 2.19. The van der Waals surface area contributed by atoms with Gasteiger partial charge in [-0.1, -0.05) is 0 Å². The predicted octanol–water partition coefficient (Wildman–Crippen LogP) is 0.296. The molecule has 0 rings (SSSR count). The van der Waals surface area contributed by atoms with Crippen LogP contribution in [0, 0.1) is 0 Å². The molecule has 0 aliphatic carbocycles. The van der Waals surface area contributed by atoms with Crippen molar-refractivity contribution >= 4 is 29.8 Å². The van der Waals surface area contributed by atoms with E-state index in [0.29, 0.717) is 0 Å². The van der Waals surface area contributed by atoms with Crippen molar-refractivity contribution in [1.29, 1.82) is 0 Å². The van der Waals surface area contributed by atoms with Gasteiger partial charge in [0, 0.05) is 34.6 Å². The van der Waals surface area contributed by atoms with Crippen LogP contribution in [0.4, 0.5) is 0 Å². The highest BCUT2D eigenvalue weighted by molar-refractivity contribution is 5.69. The van der Waals surface area contributed by atoms with Crippen LogP contribution in [0.2, 0.25) is 0 Å². The Bertz CT molecular complexity index is 541. The normalized spacial score (nSPS) is 14.8. The van der Waals surface area contributed by atoms with Gasteiger partial charge in [0.1, 0.15) is 12.7 Å². The monoisotopic (exact) mass is 376 g/mol. The Labute approximate surface area is 151 Å². The summed E-state index contributed by atoms with van der Waals surface area (Å²) in [5.41, 5.74) is 0. The summed E-state index contributed by atoms with van der Waals surface area (Å²) in [5, 5.41) is 0. The lowest BCUT2D eigenvalue weighted by Crippen LogP contribution is -2.52. The van der Waals surface area contributed by atoms with Gasteiger partial charge in [-0.05, 0) is 6.92 Å². The van der Waals surface area contributed by atoms with E-state index in [1.165, 1.54) is 6.92 Å². The van der Waals surface area contributed by atoms with Gasteiger partial charge in [-0.3, -0.25) is 24.0 Å². The number of hydrogen-bond donors (Lipinski definition) is 0. The van der Waals surface area contributed by atoms with Crippen molar-refractivity contribution in [3.05, 3.63) is 0 Å². The lowest BCUT2D eigenvalue weighted by Gasteiger charge is -2.34. The van der Waals surface area contributed by atoms with Crippen LogP contribution < -0.4 is 0 Å². The molecule has 0 saturated carbocycles. The second-order valence-corrected chi connectivity index (χ2v) is 5.41. The van der Waals surface area contributed by atoms with E-state index in [0.717, 1.165) is 34.6 Å². The Balaban J connectivity index is 5.80. The number of carbonyl (C=O) groups is 5. The molecule has 0 aromatic rings. The maximum Gasteiger partial charge on any atom is 0.303 e. The van der Waals surface area contributed by atoms with E-state index in [4.69, 9.17) is 23.7 Å². The zero-order valence-electron chi connectivity index (χ0n) is 15.6. The molecule has 0 saturated heterocycles. The van der Waals surface area contributed by atoms with E-state index in [1.807, 2.05) is 0 Å². The molecule has 0 amide bonds. The topological polar surface area (TPSA) is 132 Å². The van der Waals surface area contributed by atoms with Gasteiger partial charge in [-0.2, -0.15) is 0 Å². The Morgan fingerprint density at radius 3 is 1.42 bits per heavy atom. The van der Waals surface area contributed by atoms with Crippen molar-refractivity contribution in [2.75, 3.05) is 6.61 Å². The second kappa shape index (κ2) is 11.1. The molecule has 0 bridgehead atoms. The van der Waals surface area contributed by atoms with Crippen LogP contribution in [0.1, 0.15) is 41.5 Å². The molecule has 26 heavy (non-hydrogen) atoms.